The van der Waals surface area contributed by atoms with E-state index < -0.39 is 17.9 Å². The van der Waals surface area contributed by atoms with E-state index in [1.165, 1.54) is 0 Å². The number of carbonyl (C=O) groups is 2. The number of methoxy groups -OCH3 is 1. The van der Waals surface area contributed by atoms with Crippen LogP contribution in [-0.2, 0) is 16.0 Å². The first-order chi connectivity index (χ1) is 19.8. The number of nitrogens with zero attached hydrogens (tertiary/aromatic N) is 3. The molecule has 0 aliphatic carbocycles. The maximum absolute atomic E-state index is 13.7. The first-order valence-electron chi connectivity index (χ1n) is 14.7. The van der Waals surface area contributed by atoms with Crippen molar-refractivity contribution in [3.8, 4) is 17.2 Å². The summed E-state index contributed by atoms with van der Waals surface area (Å²) < 4.78 is 17.3. The van der Waals surface area contributed by atoms with E-state index in [1.54, 1.807) is 7.11 Å². The second-order valence-corrected chi connectivity index (χ2v) is 11.3. The number of amides is 1. The summed E-state index contributed by atoms with van der Waals surface area (Å²) in [6, 6.07) is 12.9. The number of carboxylic acids is 1. The van der Waals surface area contributed by atoms with Crippen molar-refractivity contribution in [2.75, 3.05) is 67.1 Å². The van der Waals surface area contributed by atoms with Crippen LogP contribution in [0.15, 0.2) is 42.5 Å². The Morgan fingerprint density at radius 2 is 1.83 bits per heavy atom. The number of ether oxygens (including phenoxy) is 3. The summed E-state index contributed by atoms with van der Waals surface area (Å²) in [7, 11) is 5.65. The Balaban J connectivity index is 1.59. The lowest BCUT2D eigenvalue weighted by atomic mass is 9.84. The number of benzene rings is 2. The zero-order chi connectivity index (χ0) is 29.4. The lowest BCUT2D eigenvalue weighted by Gasteiger charge is -2.30. The van der Waals surface area contributed by atoms with E-state index in [2.05, 4.69) is 17.9 Å². The van der Waals surface area contributed by atoms with E-state index in [-0.39, 0.29) is 25.0 Å². The van der Waals surface area contributed by atoms with Gasteiger partial charge in [0.05, 0.1) is 32.2 Å². The van der Waals surface area contributed by atoms with E-state index in [9.17, 15) is 14.7 Å². The minimum Gasteiger partial charge on any atom is -0.493 e. The smallest absolute Gasteiger partial charge is 0.308 e. The second-order valence-electron chi connectivity index (χ2n) is 11.3. The minimum atomic E-state index is -0.885. The van der Waals surface area contributed by atoms with Crippen LogP contribution in [0.1, 0.15) is 43.2 Å². The maximum Gasteiger partial charge on any atom is 0.308 e. The standard InChI is InChI=1S/C32H45N3O6/c1-5-6-16-34(17-9-15-33(2)3)30(36)21-35-20-25(23-12-13-27-24(19-23)14-18-40-27)31(32(37)38)26(35)22-41-29-11-8-7-10-28(29)39-4/h7-8,10-13,19,25-26,31H,5-6,9,14-18,20-22H2,1-4H3,(H,37,38)/t25-,26+,31-/m1/s1. The summed E-state index contributed by atoms with van der Waals surface area (Å²) >= 11 is 0. The van der Waals surface area contributed by atoms with Gasteiger partial charge in [0.1, 0.15) is 12.4 Å². The summed E-state index contributed by atoms with van der Waals surface area (Å²) in [5.41, 5.74) is 2.07. The highest BCUT2D eigenvalue weighted by Crippen LogP contribution is 2.40. The number of para-hydroxylation sites is 2. The average Bonchev–Trinajstić information content (AvgIpc) is 3.57. The fraction of sp³-hybridized carbons (Fsp3) is 0.562. The summed E-state index contributed by atoms with van der Waals surface area (Å²) in [4.78, 5) is 32.7. The van der Waals surface area contributed by atoms with E-state index in [0.29, 0.717) is 37.7 Å². The highest BCUT2D eigenvalue weighted by atomic mass is 16.5. The van der Waals surface area contributed by atoms with Crippen LogP contribution in [0, 0.1) is 5.92 Å². The van der Waals surface area contributed by atoms with Crippen molar-refractivity contribution >= 4 is 11.9 Å². The number of hydrogen-bond donors (Lipinski definition) is 1. The third-order valence-corrected chi connectivity index (χ3v) is 8.16. The van der Waals surface area contributed by atoms with Crippen molar-refractivity contribution in [2.45, 2.75) is 44.6 Å². The molecule has 224 valence electrons. The van der Waals surface area contributed by atoms with Gasteiger partial charge >= 0.3 is 5.97 Å². The van der Waals surface area contributed by atoms with E-state index in [0.717, 1.165) is 49.1 Å². The lowest BCUT2D eigenvalue weighted by Crippen LogP contribution is -2.47. The van der Waals surface area contributed by atoms with Gasteiger partial charge in [-0.1, -0.05) is 37.6 Å². The number of fused-ring (bicyclic) bond motifs is 1. The lowest BCUT2D eigenvalue weighted by molar-refractivity contribution is -0.144. The topological polar surface area (TPSA) is 91.8 Å². The van der Waals surface area contributed by atoms with Crippen molar-refractivity contribution in [1.82, 2.24) is 14.7 Å². The predicted octanol–water partition coefficient (Wildman–Crippen LogP) is 3.76. The Hall–Kier alpha value is -3.30. The van der Waals surface area contributed by atoms with Crippen molar-refractivity contribution in [1.29, 1.82) is 0 Å². The van der Waals surface area contributed by atoms with E-state index in [1.807, 2.05) is 60.3 Å². The van der Waals surface area contributed by atoms with Crippen molar-refractivity contribution in [3.05, 3.63) is 53.6 Å². The van der Waals surface area contributed by atoms with Crippen LogP contribution in [0.2, 0.25) is 0 Å². The van der Waals surface area contributed by atoms with Gasteiger partial charge in [0.15, 0.2) is 11.5 Å². The molecular formula is C32H45N3O6. The SMILES string of the molecule is CCCCN(CCCN(C)C)C(=O)CN1C[C@H](c2ccc3c(c2)CCO3)[C@@H](C(=O)O)[C@@H]1COc1ccccc1OC. The van der Waals surface area contributed by atoms with E-state index >= 15 is 0 Å². The average molecular weight is 568 g/mol. The van der Waals surface area contributed by atoms with Crippen molar-refractivity contribution < 1.29 is 28.9 Å². The number of unbranched alkanes of at least 4 members (excludes halogenated alkanes) is 1. The van der Waals surface area contributed by atoms with Crippen LogP contribution in [0.3, 0.4) is 0 Å². The largest absolute Gasteiger partial charge is 0.493 e. The quantitative estimate of drug-likeness (QED) is 0.348. The van der Waals surface area contributed by atoms with Crippen molar-refractivity contribution in [2.24, 2.45) is 5.92 Å². The molecule has 1 amide bonds. The number of carboxylic acid groups (broad SMARTS) is 1. The molecule has 0 aromatic heterocycles. The zero-order valence-corrected chi connectivity index (χ0v) is 24.9. The molecule has 2 heterocycles. The molecule has 2 aromatic rings. The molecule has 0 spiro atoms. The van der Waals surface area contributed by atoms with Crippen LogP contribution in [0.25, 0.3) is 0 Å². The van der Waals surface area contributed by atoms with Crippen LogP contribution in [0.5, 0.6) is 17.2 Å². The Morgan fingerprint density at radius 3 is 2.54 bits per heavy atom. The molecule has 9 heteroatoms. The molecule has 0 bridgehead atoms. The first kappa shape index (κ1) is 30.7. The Labute approximate surface area is 244 Å². The van der Waals surface area contributed by atoms with Gasteiger partial charge in [0.2, 0.25) is 5.91 Å². The zero-order valence-electron chi connectivity index (χ0n) is 24.9. The van der Waals surface area contributed by atoms with Gasteiger partial charge in [0, 0.05) is 32.0 Å². The molecule has 2 aliphatic heterocycles. The molecule has 2 aliphatic rings. The summed E-state index contributed by atoms with van der Waals surface area (Å²) in [5, 5.41) is 10.5. The van der Waals surface area contributed by atoms with Crippen LogP contribution in [0.4, 0.5) is 0 Å². The van der Waals surface area contributed by atoms with Gasteiger partial charge in [0.25, 0.3) is 0 Å². The number of rotatable bonds is 15. The van der Waals surface area contributed by atoms with Gasteiger partial charge in [-0.15, -0.1) is 0 Å². The number of hydrogen-bond acceptors (Lipinski definition) is 7. The monoisotopic (exact) mass is 567 g/mol. The first-order valence-corrected chi connectivity index (χ1v) is 14.7. The predicted molar refractivity (Wildman–Crippen MR) is 158 cm³/mol. The number of carbonyl (C=O) groups excluding carboxylic acids is 1. The van der Waals surface area contributed by atoms with Gasteiger partial charge < -0.3 is 29.1 Å². The summed E-state index contributed by atoms with van der Waals surface area (Å²) in [5.74, 6) is 0.131. The van der Waals surface area contributed by atoms with Crippen LogP contribution in [-0.4, -0.2) is 105 Å². The molecule has 41 heavy (non-hydrogen) atoms. The van der Waals surface area contributed by atoms with Gasteiger partial charge in [-0.3, -0.25) is 14.5 Å². The number of aliphatic carboxylic acids is 1. The molecule has 1 N–H and O–H groups in total. The maximum atomic E-state index is 13.7. The Kier molecular flexibility index (Phi) is 10.9. The Bertz CT molecular complexity index is 1170. The van der Waals surface area contributed by atoms with Gasteiger partial charge in [-0.25, -0.2) is 0 Å². The third-order valence-electron chi connectivity index (χ3n) is 8.16. The molecule has 0 radical (unpaired) electrons. The Morgan fingerprint density at radius 1 is 1.07 bits per heavy atom. The van der Waals surface area contributed by atoms with Crippen molar-refractivity contribution in [3.63, 3.8) is 0 Å². The van der Waals surface area contributed by atoms with Gasteiger partial charge in [-0.2, -0.15) is 0 Å². The molecule has 9 nitrogen and oxygen atoms in total. The summed E-state index contributed by atoms with van der Waals surface area (Å²) in [6.45, 7) is 5.80. The molecular weight excluding hydrogens is 522 g/mol. The number of likely N-dealkylation sites (tertiary alicyclic amines) is 1. The van der Waals surface area contributed by atoms with Crippen LogP contribution < -0.4 is 14.2 Å². The van der Waals surface area contributed by atoms with Gasteiger partial charge in [-0.05, 0) is 62.8 Å². The molecule has 1 saturated heterocycles. The molecule has 3 atom stereocenters. The molecule has 4 rings (SSSR count). The third kappa shape index (κ3) is 7.71. The normalized spacial score (nSPS) is 20.1. The van der Waals surface area contributed by atoms with Crippen LogP contribution >= 0.6 is 0 Å². The minimum absolute atomic E-state index is 0.0339. The highest BCUT2D eigenvalue weighted by Gasteiger charge is 2.48. The molecule has 2 aromatic carbocycles. The van der Waals surface area contributed by atoms with E-state index in [4.69, 9.17) is 14.2 Å². The molecule has 1 fully saturated rings. The fourth-order valence-corrected chi connectivity index (χ4v) is 5.95. The fourth-order valence-electron chi connectivity index (χ4n) is 5.95. The molecule has 0 unspecified atom stereocenters. The molecule has 0 saturated carbocycles. The summed E-state index contributed by atoms with van der Waals surface area (Å²) in [6.07, 6.45) is 3.64. The second kappa shape index (κ2) is 14.5. The highest BCUT2D eigenvalue weighted by molar-refractivity contribution is 5.79.